The molecule has 3 aromatic rings. The molecule has 0 saturated heterocycles. The van der Waals surface area contributed by atoms with Crippen LogP contribution in [-0.2, 0) is 19.5 Å². The Morgan fingerprint density at radius 1 is 1.16 bits per heavy atom. The number of H-pyrrole nitrogens is 1. The monoisotopic (exact) mass is 333 g/mol. The fourth-order valence-electron chi connectivity index (χ4n) is 3.59. The maximum atomic E-state index is 12.3. The van der Waals surface area contributed by atoms with Crippen LogP contribution in [0.5, 0.6) is 0 Å². The van der Waals surface area contributed by atoms with Gasteiger partial charge in [0.05, 0.1) is 5.69 Å². The molecule has 0 aliphatic carbocycles. The molecular weight excluding hydrogens is 310 g/mol. The van der Waals surface area contributed by atoms with Crippen molar-refractivity contribution >= 4 is 10.8 Å². The first-order valence-electron chi connectivity index (χ1n) is 8.93. The normalized spacial score (nSPS) is 14.8. The predicted octanol–water partition coefficient (Wildman–Crippen LogP) is 3.60. The van der Waals surface area contributed by atoms with E-state index >= 15 is 0 Å². The molecule has 128 valence electrons. The highest BCUT2D eigenvalue weighted by Crippen LogP contribution is 2.23. The van der Waals surface area contributed by atoms with E-state index in [2.05, 4.69) is 66.2 Å². The highest BCUT2D eigenvalue weighted by Gasteiger charge is 2.22. The molecule has 2 heterocycles. The van der Waals surface area contributed by atoms with Crippen molar-refractivity contribution in [3.63, 3.8) is 0 Å². The van der Waals surface area contributed by atoms with Gasteiger partial charge in [-0.05, 0) is 22.8 Å². The van der Waals surface area contributed by atoms with Crippen molar-refractivity contribution in [2.75, 3.05) is 6.54 Å². The van der Waals surface area contributed by atoms with E-state index in [1.807, 2.05) is 0 Å². The van der Waals surface area contributed by atoms with Gasteiger partial charge in [-0.2, -0.15) is 0 Å². The van der Waals surface area contributed by atoms with Crippen molar-refractivity contribution in [3.05, 3.63) is 75.5 Å². The van der Waals surface area contributed by atoms with Crippen LogP contribution in [0.3, 0.4) is 0 Å². The van der Waals surface area contributed by atoms with E-state index in [0.29, 0.717) is 0 Å². The standard InChI is InChI=1S/C21H23N3O/c1-14(2)20-22-19-13-24(11-10-18(19)21(25)23-20)12-16-8-5-7-15-6-3-4-9-17(15)16/h3-9,14H,10-13H2,1-2H3,(H,22,23,25). The molecule has 0 amide bonds. The fraction of sp³-hybridized carbons (Fsp3) is 0.333. The van der Waals surface area contributed by atoms with Gasteiger partial charge in [0.1, 0.15) is 5.82 Å². The molecule has 0 fully saturated rings. The smallest absolute Gasteiger partial charge is 0.254 e. The summed E-state index contributed by atoms with van der Waals surface area (Å²) in [6.45, 7) is 6.62. The Kier molecular flexibility index (Phi) is 4.14. The molecule has 1 aliphatic rings. The van der Waals surface area contributed by atoms with E-state index in [1.54, 1.807) is 0 Å². The number of hydrogen-bond donors (Lipinski definition) is 1. The van der Waals surface area contributed by atoms with Crippen LogP contribution in [0.25, 0.3) is 10.8 Å². The van der Waals surface area contributed by atoms with Crippen molar-refractivity contribution < 1.29 is 0 Å². The third-order valence-corrected chi connectivity index (χ3v) is 4.99. The minimum Gasteiger partial charge on any atom is -0.310 e. The SMILES string of the molecule is CC(C)c1nc2c(c(=O)[nH]1)CCN(Cc1cccc3ccccc13)C2. The number of aromatic nitrogens is 2. The van der Waals surface area contributed by atoms with Gasteiger partial charge < -0.3 is 4.98 Å². The van der Waals surface area contributed by atoms with Crippen LogP contribution >= 0.6 is 0 Å². The zero-order valence-electron chi connectivity index (χ0n) is 14.7. The van der Waals surface area contributed by atoms with Gasteiger partial charge in [-0.1, -0.05) is 56.3 Å². The lowest BCUT2D eigenvalue weighted by molar-refractivity contribution is 0.240. The summed E-state index contributed by atoms with van der Waals surface area (Å²) in [6.07, 6.45) is 0.765. The van der Waals surface area contributed by atoms with Crippen molar-refractivity contribution in [1.29, 1.82) is 0 Å². The van der Waals surface area contributed by atoms with Crippen molar-refractivity contribution in [1.82, 2.24) is 14.9 Å². The Morgan fingerprint density at radius 2 is 1.96 bits per heavy atom. The zero-order valence-corrected chi connectivity index (χ0v) is 14.7. The molecular formula is C21H23N3O. The summed E-state index contributed by atoms with van der Waals surface area (Å²) in [5.41, 5.74) is 3.17. The molecule has 0 spiro atoms. The van der Waals surface area contributed by atoms with Gasteiger partial charge in [-0.25, -0.2) is 4.98 Å². The topological polar surface area (TPSA) is 49.0 Å². The predicted molar refractivity (Wildman–Crippen MR) is 101 cm³/mol. The molecule has 1 aliphatic heterocycles. The zero-order chi connectivity index (χ0) is 17.4. The first-order chi connectivity index (χ1) is 12.1. The van der Waals surface area contributed by atoms with Crippen LogP contribution in [0.4, 0.5) is 0 Å². The van der Waals surface area contributed by atoms with E-state index in [1.165, 1.54) is 16.3 Å². The fourth-order valence-corrected chi connectivity index (χ4v) is 3.59. The number of benzene rings is 2. The summed E-state index contributed by atoms with van der Waals surface area (Å²) in [6, 6.07) is 15.0. The highest BCUT2D eigenvalue weighted by molar-refractivity contribution is 5.85. The second-order valence-electron chi connectivity index (χ2n) is 7.13. The third-order valence-electron chi connectivity index (χ3n) is 4.99. The Balaban J connectivity index is 1.63. The number of aromatic amines is 1. The molecule has 0 bridgehead atoms. The van der Waals surface area contributed by atoms with Crippen LogP contribution in [0.2, 0.25) is 0 Å². The van der Waals surface area contributed by atoms with E-state index in [-0.39, 0.29) is 11.5 Å². The average molecular weight is 333 g/mol. The summed E-state index contributed by atoms with van der Waals surface area (Å²) >= 11 is 0. The molecule has 1 aromatic heterocycles. The van der Waals surface area contributed by atoms with E-state index < -0.39 is 0 Å². The van der Waals surface area contributed by atoms with Crippen LogP contribution in [0, 0.1) is 0 Å². The summed E-state index contributed by atoms with van der Waals surface area (Å²) in [5, 5.41) is 2.58. The van der Waals surface area contributed by atoms with E-state index in [9.17, 15) is 4.79 Å². The number of nitrogens with zero attached hydrogens (tertiary/aromatic N) is 2. The van der Waals surface area contributed by atoms with Gasteiger partial charge in [0.15, 0.2) is 0 Å². The maximum Gasteiger partial charge on any atom is 0.254 e. The Hall–Kier alpha value is -2.46. The molecule has 4 rings (SSSR count). The van der Waals surface area contributed by atoms with E-state index in [4.69, 9.17) is 4.98 Å². The average Bonchev–Trinajstić information content (AvgIpc) is 2.61. The van der Waals surface area contributed by atoms with Crippen molar-refractivity contribution in [2.24, 2.45) is 0 Å². The lowest BCUT2D eigenvalue weighted by atomic mass is 10.0. The molecule has 0 unspecified atom stereocenters. The van der Waals surface area contributed by atoms with Crippen LogP contribution < -0.4 is 5.56 Å². The molecule has 1 N–H and O–H groups in total. The molecule has 0 atom stereocenters. The molecule has 4 nitrogen and oxygen atoms in total. The number of fused-ring (bicyclic) bond motifs is 2. The van der Waals surface area contributed by atoms with Gasteiger partial charge >= 0.3 is 0 Å². The molecule has 4 heteroatoms. The first-order valence-corrected chi connectivity index (χ1v) is 8.93. The van der Waals surface area contributed by atoms with Crippen LogP contribution in [0.1, 0.15) is 42.4 Å². The largest absolute Gasteiger partial charge is 0.310 e. The maximum absolute atomic E-state index is 12.3. The lowest BCUT2D eigenvalue weighted by Crippen LogP contribution is -2.35. The third kappa shape index (κ3) is 3.10. The second-order valence-corrected chi connectivity index (χ2v) is 7.13. The van der Waals surface area contributed by atoms with Crippen LogP contribution in [-0.4, -0.2) is 21.4 Å². The summed E-state index contributed by atoms with van der Waals surface area (Å²) < 4.78 is 0. The Morgan fingerprint density at radius 3 is 2.80 bits per heavy atom. The molecule has 0 saturated carbocycles. The highest BCUT2D eigenvalue weighted by atomic mass is 16.1. The first kappa shape index (κ1) is 16.0. The molecule has 25 heavy (non-hydrogen) atoms. The van der Waals surface area contributed by atoms with E-state index in [0.717, 1.165) is 43.1 Å². The molecule has 2 aromatic carbocycles. The van der Waals surface area contributed by atoms with Gasteiger partial charge in [0.25, 0.3) is 5.56 Å². The van der Waals surface area contributed by atoms with Gasteiger partial charge in [0.2, 0.25) is 0 Å². The number of rotatable bonds is 3. The lowest BCUT2D eigenvalue weighted by Gasteiger charge is -2.28. The van der Waals surface area contributed by atoms with Gasteiger partial charge in [0, 0.05) is 31.1 Å². The van der Waals surface area contributed by atoms with Crippen molar-refractivity contribution in [2.45, 2.75) is 39.3 Å². The minimum absolute atomic E-state index is 0.0403. The summed E-state index contributed by atoms with van der Waals surface area (Å²) in [4.78, 5) is 22.4. The van der Waals surface area contributed by atoms with Gasteiger partial charge in [-0.15, -0.1) is 0 Å². The molecule has 0 radical (unpaired) electrons. The summed E-state index contributed by atoms with van der Waals surface area (Å²) in [7, 11) is 0. The Labute approximate surface area is 147 Å². The van der Waals surface area contributed by atoms with Crippen LogP contribution in [0.15, 0.2) is 47.3 Å². The Bertz CT molecular complexity index is 969. The quantitative estimate of drug-likeness (QED) is 0.796. The minimum atomic E-state index is 0.0403. The second kappa shape index (κ2) is 6.45. The van der Waals surface area contributed by atoms with Crippen molar-refractivity contribution in [3.8, 4) is 0 Å². The number of nitrogens with one attached hydrogen (secondary N) is 1. The van der Waals surface area contributed by atoms with Gasteiger partial charge in [-0.3, -0.25) is 9.69 Å². The number of hydrogen-bond acceptors (Lipinski definition) is 3. The summed E-state index contributed by atoms with van der Waals surface area (Å²) in [5.74, 6) is 1.02.